The Hall–Kier alpha value is -2.82. The first-order chi connectivity index (χ1) is 14.5. The van der Waals surface area contributed by atoms with Gasteiger partial charge in [0.25, 0.3) is 0 Å². The van der Waals surface area contributed by atoms with Crippen LogP contribution in [0.1, 0.15) is 18.4 Å². The number of hydrogen-bond acceptors (Lipinski definition) is 5. The first-order valence-corrected chi connectivity index (χ1v) is 9.63. The summed E-state index contributed by atoms with van der Waals surface area (Å²) in [7, 11) is 0. The van der Waals surface area contributed by atoms with Gasteiger partial charge in [-0.15, -0.1) is 0 Å². The smallest absolute Gasteiger partial charge is 0.201 e. The molecule has 1 aromatic heterocycles. The van der Waals surface area contributed by atoms with Crippen molar-refractivity contribution >= 4 is 40.1 Å². The summed E-state index contributed by atoms with van der Waals surface area (Å²) in [6, 6.07) is 4.64. The number of H-pyrrole nitrogens is 1. The summed E-state index contributed by atoms with van der Waals surface area (Å²) in [5.74, 6) is -2.84. The van der Waals surface area contributed by atoms with E-state index in [1.807, 2.05) is 5.48 Å². The summed E-state index contributed by atoms with van der Waals surface area (Å²) in [5.41, 5.74) is 2.00. The molecule has 30 heavy (non-hydrogen) atoms. The van der Waals surface area contributed by atoms with Crippen LogP contribution >= 0.6 is 11.6 Å². The second-order valence-corrected chi connectivity index (χ2v) is 7.29. The fourth-order valence-corrected chi connectivity index (χ4v) is 3.53. The zero-order chi connectivity index (χ0) is 21.3. The summed E-state index contributed by atoms with van der Waals surface area (Å²) in [6.07, 6.45) is 1.89. The fourth-order valence-electron chi connectivity index (χ4n) is 3.35. The average Bonchev–Trinajstić information content (AvgIpc) is 3.16. The Morgan fingerprint density at radius 3 is 2.77 bits per heavy atom. The van der Waals surface area contributed by atoms with Crippen molar-refractivity contribution in [3.05, 3.63) is 52.3 Å². The largest absolute Gasteiger partial charge is 0.352 e. The fraction of sp³-hybridized carbons (Fsp3) is 0.263. The zero-order valence-corrected chi connectivity index (χ0v) is 16.3. The molecule has 1 saturated heterocycles. The number of amidine groups is 1. The molecule has 7 nitrogen and oxygen atoms in total. The Bertz CT molecular complexity index is 1110. The topological polar surface area (TPSA) is 97.4 Å². The van der Waals surface area contributed by atoms with E-state index >= 15 is 0 Å². The van der Waals surface area contributed by atoms with Crippen LogP contribution in [0.2, 0.25) is 5.02 Å². The molecule has 0 saturated carbocycles. The molecule has 1 aliphatic rings. The minimum Gasteiger partial charge on any atom is -0.352 e. The van der Waals surface area contributed by atoms with Crippen molar-refractivity contribution in [3.8, 4) is 0 Å². The second-order valence-electron chi connectivity index (χ2n) is 6.89. The molecular formula is C19H18ClF3N6O. The normalized spacial score (nSPS) is 17.4. The summed E-state index contributed by atoms with van der Waals surface area (Å²) in [6.45, 7) is 1.65. The number of imidazole rings is 1. The third kappa shape index (κ3) is 4.07. The van der Waals surface area contributed by atoms with E-state index < -0.39 is 17.5 Å². The van der Waals surface area contributed by atoms with E-state index in [0.29, 0.717) is 0 Å². The van der Waals surface area contributed by atoms with Gasteiger partial charge in [-0.1, -0.05) is 11.6 Å². The standard InChI is InChI=1S/C19H18ClF3N6O/c20-12-6-9(3-4-13(12)21)25-18(29-30)11-7-14(22)15(23)17-16(11)27-19(28-17)26-10-2-1-5-24-8-10/h3-4,6-7,10,24,30H,1-2,5,8H2,(H,25,29)(H2,26,27,28)/t10-/m0/s1. The van der Waals surface area contributed by atoms with Crippen molar-refractivity contribution in [2.24, 2.45) is 4.99 Å². The number of nitrogens with one attached hydrogen (secondary N) is 4. The molecule has 3 aromatic rings. The molecule has 0 aliphatic carbocycles. The summed E-state index contributed by atoms with van der Waals surface area (Å²) >= 11 is 5.76. The number of hydrogen-bond donors (Lipinski definition) is 5. The summed E-state index contributed by atoms with van der Waals surface area (Å²) in [4.78, 5) is 11.2. The van der Waals surface area contributed by atoms with E-state index in [1.54, 1.807) is 0 Å². The number of halogens is 4. The number of rotatable bonds is 4. The second kappa shape index (κ2) is 8.50. The molecule has 4 rings (SSSR count). The van der Waals surface area contributed by atoms with E-state index in [-0.39, 0.29) is 45.1 Å². The van der Waals surface area contributed by atoms with Gasteiger partial charge in [-0.05, 0) is 43.7 Å². The molecule has 1 atom stereocenters. The number of anilines is 1. The number of fused-ring (bicyclic) bond motifs is 1. The number of aromatic amines is 1. The molecule has 1 fully saturated rings. The van der Waals surface area contributed by atoms with E-state index in [2.05, 4.69) is 25.6 Å². The van der Waals surface area contributed by atoms with Crippen molar-refractivity contribution in [1.29, 1.82) is 0 Å². The van der Waals surface area contributed by atoms with Crippen molar-refractivity contribution in [2.75, 3.05) is 18.4 Å². The highest BCUT2D eigenvalue weighted by molar-refractivity contribution is 6.31. The predicted octanol–water partition coefficient (Wildman–Crippen LogP) is 3.85. The van der Waals surface area contributed by atoms with E-state index in [1.165, 1.54) is 12.1 Å². The highest BCUT2D eigenvalue weighted by atomic mass is 35.5. The van der Waals surface area contributed by atoms with Gasteiger partial charge in [0, 0.05) is 18.2 Å². The quantitative estimate of drug-likeness (QED) is 0.242. The first-order valence-electron chi connectivity index (χ1n) is 9.25. The van der Waals surface area contributed by atoms with Gasteiger partial charge in [0.05, 0.1) is 16.2 Å². The monoisotopic (exact) mass is 438 g/mol. The Morgan fingerprint density at radius 1 is 1.23 bits per heavy atom. The molecular weight excluding hydrogens is 421 g/mol. The maximum atomic E-state index is 14.4. The minimum atomic E-state index is -1.16. The molecule has 11 heteroatoms. The van der Waals surface area contributed by atoms with Crippen LogP contribution in [0.15, 0.2) is 29.3 Å². The number of hydroxylamine groups is 1. The van der Waals surface area contributed by atoms with E-state index in [9.17, 15) is 18.4 Å². The third-order valence-corrected chi connectivity index (χ3v) is 5.09. The lowest BCUT2D eigenvalue weighted by Gasteiger charge is -2.23. The van der Waals surface area contributed by atoms with Gasteiger partial charge in [0.2, 0.25) is 5.95 Å². The number of piperidine rings is 1. The van der Waals surface area contributed by atoms with Crippen LogP contribution in [0.4, 0.5) is 24.8 Å². The van der Waals surface area contributed by atoms with Crippen LogP contribution < -0.4 is 16.1 Å². The molecule has 5 N–H and O–H groups in total. The van der Waals surface area contributed by atoms with Crippen molar-refractivity contribution in [2.45, 2.75) is 18.9 Å². The van der Waals surface area contributed by atoms with Crippen LogP contribution in [-0.2, 0) is 0 Å². The predicted molar refractivity (Wildman–Crippen MR) is 108 cm³/mol. The van der Waals surface area contributed by atoms with Gasteiger partial charge >= 0.3 is 0 Å². The molecule has 1 aliphatic heterocycles. The van der Waals surface area contributed by atoms with Crippen LogP contribution in [0.5, 0.6) is 0 Å². The molecule has 0 amide bonds. The Balaban J connectivity index is 1.77. The molecule has 158 valence electrons. The molecule has 2 aromatic carbocycles. The first kappa shape index (κ1) is 20.5. The highest BCUT2D eigenvalue weighted by Gasteiger charge is 2.21. The lowest BCUT2D eigenvalue weighted by atomic mass is 10.1. The van der Waals surface area contributed by atoms with E-state index in [0.717, 1.165) is 38.1 Å². The average molecular weight is 439 g/mol. The van der Waals surface area contributed by atoms with Crippen LogP contribution in [0, 0.1) is 17.5 Å². The van der Waals surface area contributed by atoms with Gasteiger partial charge in [-0.3, -0.25) is 10.7 Å². The third-order valence-electron chi connectivity index (χ3n) is 4.80. The van der Waals surface area contributed by atoms with Gasteiger partial charge in [0.1, 0.15) is 11.3 Å². The van der Waals surface area contributed by atoms with Crippen LogP contribution in [0.3, 0.4) is 0 Å². The van der Waals surface area contributed by atoms with Crippen LogP contribution in [-0.4, -0.2) is 40.1 Å². The molecule has 0 radical (unpaired) electrons. The van der Waals surface area contributed by atoms with Gasteiger partial charge in [-0.2, -0.15) is 0 Å². The van der Waals surface area contributed by atoms with E-state index in [4.69, 9.17) is 11.6 Å². The van der Waals surface area contributed by atoms with Gasteiger partial charge in [0.15, 0.2) is 17.5 Å². The van der Waals surface area contributed by atoms with Crippen LogP contribution in [0.25, 0.3) is 11.0 Å². The van der Waals surface area contributed by atoms with Crippen molar-refractivity contribution < 1.29 is 18.4 Å². The number of aromatic nitrogens is 2. The molecule has 0 bridgehead atoms. The lowest BCUT2D eigenvalue weighted by Crippen LogP contribution is -2.38. The maximum Gasteiger partial charge on any atom is 0.201 e. The zero-order valence-electron chi connectivity index (χ0n) is 15.6. The molecule has 2 heterocycles. The van der Waals surface area contributed by atoms with Crippen molar-refractivity contribution in [3.63, 3.8) is 0 Å². The molecule has 0 spiro atoms. The SMILES string of the molecule is ONC(=Nc1ccc(F)c(Cl)c1)c1cc(F)c(F)c2nc(N[C@H]3CCCNC3)[nH]c12. The number of aliphatic imine (C=N–C) groups is 1. The van der Waals surface area contributed by atoms with Gasteiger partial charge < -0.3 is 15.6 Å². The number of benzene rings is 2. The Labute approximate surface area is 174 Å². The van der Waals surface area contributed by atoms with Crippen molar-refractivity contribution in [1.82, 2.24) is 20.8 Å². The maximum absolute atomic E-state index is 14.4. The lowest BCUT2D eigenvalue weighted by molar-refractivity contribution is 0.235. The summed E-state index contributed by atoms with van der Waals surface area (Å²) in [5, 5.41) is 15.8. The van der Waals surface area contributed by atoms with Gasteiger partial charge in [-0.25, -0.2) is 23.1 Å². The highest BCUT2D eigenvalue weighted by Crippen LogP contribution is 2.27. The number of nitrogens with zero attached hydrogens (tertiary/aromatic N) is 2. The Kier molecular flexibility index (Phi) is 5.80. The summed E-state index contributed by atoms with van der Waals surface area (Å²) < 4.78 is 42.0. The Morgan fingerprint density at radius 2 is 2.07 bits per heavy atom. The minimum absolute atomic E-state index is 0.0363. The molecule has 0 unspecified atom stereocenters.